The molecule has 1 atom stereocenters. The Kier molecular flexibility index (Phi) is 3.36. The van der Waals surface area contributed by atoms with E-state index in [1.165, 1.54) is 6.08 Å². The molecular formula is C14H15F2NO. The standard InChI is InChI=1S/C14H15F2NO/c1-8-4-12(14(18)13(17)5-8)9-2-3-10(15)7-11(16)6-9/h4-7,10,18H,2-3,17H2,1H3. The highest BCUT2D eigenvalue weighted by Crippen LogP contribution is 2.36. The summed E-state index contributed by atoms with van der Waals surface area (Å²) in [6.45, 7) is 1.83. The fraction of sp³-hybridized carbons (Fsp3) is 0.286. The van der Waals surface area contributed by atoms with Crippen LogP contribution in [-0.4, -0.2) is 11.3 Å². The van der Waals surface area contributed by atoms with Crippen molar-refractivity contribution in [3.05, 3.63) is 41.2 Å². The van der Waals surface area contributed by atoms with Crippen molar-refractivity contribution in [1.82, 2.24) is 0 Å². The van der Waals surface area contributed by atoms with Gasteiger partial charge in [-0.25, -0.2) is 8.78 Å². The van der Waals surface area contributed by atoms with Crippen molar-refractivity contribution in [1.29, 1.82) is 0 Å². The second-order valence-electron chi connectivity index (χ2n) is 4.53. The lowest BCUT2D eigenvalue weighted by molar-refractivity contribution is 0.378. The van der Waals surface area contributed by atoms with Crippen LogP contribution in [0.5, 0.6) is 5.75 Å². The number of rotatable bonds is 1. The van der Waals surface area contributed by atoms with E-state index in [9.17, 15) is 13.9 Å². The lowest BCUT2D eigenvalue weighted by Crippen LogP contribution is -1.96. The van der Waals surface area contributed by atoms with E-state index in [0.29, 0.717) is 17.6 Å². The molecule has 0 bridgehead atoms. The third kappa shape index (κ3) is 2.53. The number of phenolic OH excluding ortho intramolecular Hbond substituents is 1. The fourth-order valence-electron chi connectivity index (χ4n) is 2.10. The first-order chi connectivity index (χ1) is 8.47. The number of nitrogens with two attached hydrogens (primary N) is 1. The minimum Gasteiger partial charge on any atom is -0.505 e. The zero-order valence-electron chi connectivity index (χ0n) is 10.1. The van der Waals surface area contributed by atoms with Gasteiger partial charge in [0, 0.05) is 5.56 Å². The Balaban J connectivity index is 2.47. The zero-order valence-corrected chi connectivity index (χ0v) is 10.1. The molecule has 0 amide bonds. The van der Waals surface area contributed by atoms with E-state index in [0.717, 1.165) is 11.6 Å². The molecule has 96 valence electrons. The third-order valence-electron chi connectivity index (χ3n) is 2.97. The first-order valence-corrected chi connectivity index (χ1v) is 5.79. The molecule has 1 aromatic carbocycles. The highest BCUT2D eigenvalue weighted by Gasteiger charge is 2.17. The Morgan fingerprint density at radius 2 is 2.11 bits per heavy atom. The Hall–Kier alpha value is -1.84. The normalized spacial score (nSPS) is 20.1. The lowest BCUT2D eigenvalue weighted by Gasteiger charge is -2.11. The summed E-state index contributed by atoms with van der Waals surface area (Å²) in [5.41, 5.74) is 7.83. The van der Waals surface area contributed by atoms with E-state index in [2.05, 4.69) is 0 Å². The third-order valence-corrected chi connectivity index (χ3v) is 2.97. The molecule has 0 saturated carbocycles. The van der Waals surface area contributed by atoms with Crippen LogP contribution in [0.3, 0.4) is 0 Å². The highest BCUT2D eigenvalue weighted by molar-refractivity contribution is 5.77. The van der Waals surface area contributed by atoms with Gasteiger partial charge in [-0.15, -0.1) is 0 Å². The first kappa shape index (κ1) is 12.6. The molecule has 0 fully saturated rings. The summed E-state index contributed by atoms with van der Waals surface area (Å²) < 4.78 is 26.6. The molecule has 0 heterocycles. The van der Waals surface area contributed by atoms with Crippen LogP contribution < -0.4 is 5.73 Å². The quantitative estimate of drug-likeness (QED) is 0.591. The molecule has 2 nitrogen and oxygen atoms in total. The van der Waals surface area contributed by atoms with Crippen molar-refractivity contribution in [2.75, 3.05) is 5.73 Å². The summed E-state index contributed by atoms with van der Waals surface area (Å²) in [5, 5.41) is 9.92. The van der Waals surface area contributed by atoms with Crippen LogP contribution in [-0.2, 0) is 0 Å². The molecule has 1 unspecified atom stereocenters. The van der Waals surface area contributed by atoms with E-state index < -0.39 is 12.0 Å². The summed E-state index contributed by atoms with van der Waals surface area (Å²) in [5.74, 6) is -0.688. The molecule has 2 rings (SSSR count). The highest BCUT2D eigenvalue weighted by atomic mass is 19.1. The van der Waals surface area contributed by atoms with Gasteiger partial charge in [-0.3, -0.25) is 0 Å². The maximum absolute atomic E-state index is 13.4. The molecule has 1 aliphatic rings. The fourth-order valence-corrected chi connectivity index (χ4v) is 2.10. The van der Waals surface area contributed by atoms with Gasteiger partial charge in [0.1, 0.15) is 17.7 Å². The largest absolute Gasteiger partial charge is 0.505 e. The molecule has 3 N–H and O–H groups in total. The van der Waals surface area contributed by atoms with Gasteiger partial charge in [0.05, 0.1) is 5.69 Å². The van der Waals surface area contributed by atoms with Crippen LogP contribution in [0, 0.1) is 6.92 Å². The van der Waals surface area contributed by atoms with E-state index in [-0.39, 0.29) is 17.9 Å². The number of hydrogen-bond donors (Lipinski definition) is 2. The molecule has 4 heteroatoms. The van der Waals surface area contributed by atoms with Gasteiger partial charge in [-0.2, -0.15) is 0 Å². The van der Waals surface area contributed by atoms with Gasteiger partial charge in [0.2, 0.25) is 0 Å². The van der Waals surface area contributed by atoms with Crippen LogP contribution >= 0.6 is 0 Å². The summed E-state index contributed by atoms with van der Waals surface area (Å²) in [4.78, 5) is 0. The number of allylic oxidation sites excluding steroid dienone is 4. The number of nitrogen functional groups attached to an aromatic ring is 1. The Morgan fingerprint density at radius 3 is 2.83 bits per heavy atom. The van der Waals surface area contributed by atoms with Gasteiger partial charge >= 0.3 is 0 Å². The van der Waals surface area contributed by atoms with Crippen molar-refractivity contribution < 1.29 is 13.9 Å². The van der Waals surface area contributed by atoms with Gasteiger partial charge in [-0.05, 0) is 55.2 Å². The molecule has 0 spiro atoms. The summed E-state index contributed by atoms with van der Waals surface area (Å²) in [6, 6.07) is 3.36. The van der Waals surface area contributed by atoms with E-state index in [1.54, 1.807) is 12.1 Å². The summed E-state index contributed by atoms with van der Waals surface area (Å²) in [6.07, 6.45) is 1.48. The van der Waals surface area contributed by atoms with E-state index in [4.69, 9.17) is 5.73 Å². The average Bonchev–Trinajstić information content (AvgIpc) is 2.44. The van der Waals surface area contributed by atoms with Crippen LogP contribution in [0.2, 0.25) is 0 Å². The van der Waals surface area contributed by atoms with E-state index in [1.807, 2.05) is 6.92 Å². The Labute approximate surface area is 104 Å². The van der Waals surface area contributed by atoms with Crippen LogP contribution in [0.25, 0.3) is 5.57 Å². The van der Waals surface area contributed by atoms with Gasteiger partial charge in [0.25, 0.3) is 0 Å². The van der Waals surface area contributed by atoms with Crippen LogP contribution in [0.4, 0.5) is 14.5 Å². The lowest BCUT2D eigenvalue weighted by atomic mass is 9.97. The number of aryl methyl sites for hydroxylation is 1. The maximum Gasteiger partial charge on any atom is 0.145 e. The van der Waals surface area contributed by atoms with Gasteiger partial charge in [0.15, 0.2) is 0 Å². The molecule has 1 aliphatic carbocycles. The van der Waals surface area contributed by atoms with Crippen molar-refractivity contribution >= 4 is 11.3 Å². The second kappa shape index (κ2) is 4.80. The number of halogens is 2. The number of phenols is 1. The number of anilines is 1. The second-order valence-corrected chi connectivity index (χ2v) is 4.53. The van der Waals surface area contributed by atoms with Crippen LogP contribution in [0.1, 0.15) is 24.0 Å². The maximum atomic E-state index is 13.4. The Bertz CT molecular complexity index is 535. The molecular weight excluding hydrogens is 236 g/mol. The number of hydrogen-bond acceptors (Lipinski definition) is 2. The van der Waals surface area contributed by atoms with E-state index >= 15 is 0 Å². The molecule has 0 aromatic heterocycles. The van der Waals surface area contributed by atoms with Crippen molar-refractivity contribution in [2.24, 2.45) is 0 Å². The number of benzene rings is 1. The predicted octanol–water partition coefficient (Wildman–Crippen LogP) is 3.65. The van der Waals surface area contributed by atoms with Crippen molar-refractivity contribution in [3.8, 4) is 5.75 Å². The molecule has 1 aromatic rings. The first-order valence-electron chi connectivity index (χ1n) is 5.79. The van der Waals surface area contributed by atoms with Gasteiger partial charge < -0.3 is 10.8 Å². The smallest absolute Gasteiger partial charge is 0.145 e. The number of alkyl halides is 1. The molecule has 0 radical (unpaired) electrons. The minimum absolute atomic E-state index is 0.0723. The molecule has 18 heavy (non-hydrogen) atoms. The molecule has 0 aliphatic heterocycles. The van der Waals surface area contributed by atoms with Crippen molar-refractivity contribution in [2.45, 2.75) is 25.9 Å². The van der Waals surface area contributed by atoms with Crippen LogP contribution in [0.15, 0.2) is 30.1 Å². The zero-order chi connectivity index (χ0) is 13.3. The van der Waals surface area contributed by atoms with Crippen molar-refractivity contribution in [3.63, 3.8) is 0 Å². The average molecular weight is 251 g/mol. The minimum atomic E-state index is -1.29. The summed E-state index contributed by atoms with van der Waals surface area (Å²) >= 11 is 0. The summed E-state index contributed by atoms with van der Waals surface area (Å²) in [7, 11) is 0. The monoisotopic (exact) mass is 251 g/mol. The topological polar surface area (TPSA) is 46.2 Å². The molecule has 0 saturated heterocycles. The predicted molar refractivity (Wildman–Crippen MR) is 68.6 cm³/mol. The Morgan fingerprint density at radius 1 is 1.39 bits per heavy atom. The number of aromatic hydroxyl groups is 1. The SMILES string of the molecule is Cc1cc(N)c(O)c(C2=CC(F)=CC(F)CC2)c1. The van der Waals surface area contributed by atoms with Gasteiger partial charge in [-0.1, -0.05) is 0 Å².